The number of rotatable bonds is 2. The van der Waals surface area contributed by atoms with Gasteiger partial charge in [0.1, 0.15) is 22.3 Å². The molecule has 0 radical (unpaired) electrons. The van der Waals surface area contributed by atoms with Gasteiger partial charge in [-0.15, -0.1) is 11.3 Å². The summed E-state index contributed by atoms with van der Waals surface area (Å²) < 4.78 is 15.8. The van der Waals surface area contributed by atoms with Crippen LogP contribution in [0.4, 0.5) is 0 Å². The molecule has 12 aromatic rings. The summed E-state index contributed by atoms with van der Waals surface area (Å²) >= 11 is 1.86. The average molecular weight is 667 g/mol. The SMILES string of the molecule is c1ccc2c(c1)ccc1c2oc2ccc3oc4ccc(-c5c6ccccc6c(-c6ccc7sc8ccccc8c7c6)c6ccccc56)cc4c3c21. The molecular weight excluding hydrogens is 641 g/mol. The Morgan fingerprint density at radius 3 is 1.59 bits per heavy atom. The van der Waals surface area contributed by atoms with E-state index < -0.39 is 0 Å². The largest absolute Gasteiger partial charge is 0.456 e. The van der Waals surface area contributed by atoms with Crippen LogP contribution in [-0.4, -0.2) is 0 Å². The smallest absolute Gasteiger partial charge is 0.143 e. The van der Waals surface area contributed by atoms with Gasteiger partial charge in [0, 0.05) is 47.1 Å². The number of fused-ring (bicyclic) bond motifs is 14. The van der Waals surface area contributed by atoms with Gasteiger partial charge in [0.15, 0.2) is 0 Å². The maximum absolute atomic E-state index is 6.58. The maximum atomic E-state index is 6.58. The quantitative estimate of drug-likeness (QED) is 0.172. The van der Waals surface area contributed by atoms with Crippen molar-refractivity contribution in [2.75, 3.05) is 0 Å². The molecule has 2 nitrogen and oxygen atoms in total. The van der Waals surface area contributed by atoms with Crippen molar-refractivity contribution in [2.45, 2.75) is 0 Å². The standard InChI is InChI=1S/C48H26O2S/c1-2-10-30-27(9-1)17-20-36-46-41(50-48(30)36)23-22-40-47(46)38-26-28(18-21-39(38)49-40)44-32-12-3-5-14-34(32)45(35-15-6-4-13-33(35)44)29-19-24-43-37(25-29)31-11-7-8-16-42(31)51-43/h1-26H. The molecule has 0 bridgehead atoms. The topological polar surface area (TPSA) is 26.3 Å². The Bertz CT molecular complexity index is 3370. The van der Waals surface area contributed by atoms with Crippen LogP contribution in [0.15, 0.2) is 167 Å². The van der Waals surface area contributed by atoms with E-state index in [0.717, 1.165) is 49.3 Å². The van der Waals surface area contributed by atoms with E-state index in [1.165, 1.54) is 69.4 Å². The Hall–Kier alpha value is -6.42. The highest BCUT2D eigenvalue weighted by Crippen LogP contribution is 2.47. The molecule has 51 heavy (non-hydrogen) atoms. The van der Waals surface area contributed by atoms with E-state index in [2.05, 4.69) is 152 Å². The van der Waals surface area contributed by atoms with Gasteiger partial charge in [-0.25, -0.2) is 0 Å². The van der Waals surface area contributed by atoms with Crippen molar-refractivity contribution in [3.05, 3.63) is 158 Å². The normalized spacial score (nSPS) is 12.3. The third-order valence-electron chi connectivity index (χ3n) is 10.8. The lowest BCUT2D eigenvalue weighted by atomic mass is 9.85. The molecule has 0 fully saturated rings. The molecule has 0 aliphatic heterocycles. The third-order valence-corrected chi connectivity index (χ3v) is 12.0. The van der Waals surface area contributed by atoms with Crippen LogP contribution in [0, 0.1) is 0 Å². The van der Waals surface area contributed by atoms with Crippen LogP contribution in [-0.2, 0) is 0 Å². The van der Waals surface area contributed by atoms with E-state index in [4.69, 9.17) is 8.83 Å². The summed E-state index contributed by atoms with van der Waals surface area (Å²) in [4.78, 5) is 0. The Morgan fingerprint density at radius 1 is 0.333 bits per heavy atom. The molecule has 0 atom stereocenters. The lowest BCUT2D eigenvalue weighted by Gasteiger charge is -2.18. The predicted molar refractivity (Wildman–Crippen MR) is 217 cm³/mol. The van der Waals surface area contributed by atoms with Gasteiger partial charge in [-0.2, -0.15) is 0 Å². The zero-order valence-corrected chi connectivity index (χ0v) is 28.1. The van der Waals surface area contributed by atoms with E-state index in [0.29, 0.717) is 0 Å². The second-order valence-corrected chi connectivity index (χ2v) is 14.6. The molecule has 236 valence electrons. The molecule has 3 heterocycles. The number of thiophene rings is 1. The van der Waals surface area contributed by atoms with Crippen molar-refractivity contribution < 1.29 is 8.83 Å². The van der Waals surface area contributed by atoms with Crippen LogP contribution in [0.5, 0.6) is 0 Å². The molecule has 3 aromatic heterocycles. The van der Waals surface area contributed by atoms with Gasteiger partial charge >= 0.3 is 0 Å². The Morgan fingerprint density at radius 2 is 0.863 bits per heavy atom. The van der Waals surface area contributed by atoms with Gasteiger partial charge < -0.3 is 8.83 Å². The molecule has 0 aliphatic carbocycles. The summed E-state index contributed by atoms with van der Waals surface area (Å²) in [6, 6.07) is 57.1. The molecule has 0 saturated heterocycles. The first kappa shape index (κ1) is 27.4. The fourth-order valence-corrected chi connectivity index (χ4v) is 9.74. The molecule has 12 rings (SSSR count). The molecule has 0 saturated carbocycles. The fraction of sp³-hybridized carbons (Fsp3) is 0. The monoisotopic (exact) mass is 666 g/mol. The van der Waals surface area contributed by atoms with Crippen LogP contribution in [0.2, 0.25) is 0 Å². The van der Waals surface area contributed by atoms with Crippen molar-refractivity contribution in [1.82, 2.24) is 0 Å². The summed E-state index contributed by atoms with van der Waals surface area (Å²) in [5, 5.41) is 14.3. The minimum atomic E-state index is 0.868. The second-order valence-electron chi connectivity index (χ2n) is 13.5. The Balaban J connectivity index is 1.15. The van der Waals surface area contributed by atoms with Gasteiger partial charge in [-0.3, -0.25) is 0 Å². The fourth-order valence-electron chi connectivity index (χ4n) is 8.65. The minimum Gasteiger partial charge on any atom is -0.456 e. The van der Waals surface area contributed by atoms with Crippen molar-refractivity contribution in [1.29, 1.82) is 0 Å². The Labute approximate surface area is 295 Å². The van der Waals surface area contributed by atoms with Crippen LogP contribution in [0.1, 0.15) is 0 Å². The molecular formula is C48H26O2S. The number of hydrogen-bond donors (Lipinski definition) is 0. The van der Waals surface area contributed by atoms with E-state index in [1.807, 2.05) is 17.4 Å². The lowest BCUT2D eigenvalue weighted by molar-refractivity contribution is 0.664. The second kappa shape index (κ2) is 10.1. The first-order valence-corrected chi connectivity index (χ1v) is 18.1. The van der Waals surface area contributed by atoms with Gasteiger partial charge in [0.05, 0.1) is 0 Å². The highest BCUT2D eigenvalue weighted by Gasteiger charge is 2.21. The highest BCUT2D eigenvalue weighted by atomic mass is 32.1. The summed E-state index contributed by atoms with van der Waals surface area (Å²) in [7, 11) is 0. The van der Waals surface area contributed by atoms with Gasteiger partial charge in [-0.05, 0) is 97.7 Å². The first-order valence-electron chi connectivity index (χ1n) is 17.3. The van der Waals surface area contributed by atoms with Gasteiger partial charge in [-0.1, -0.05) is 109 Å². The number of furan rings is 2. The van der Waals surface area contributed by atoms with E-state index in [1.54, 1.807) is 0 Å². The Kier molecular flexibility index (Phi) is 5.41. The molecule has 0 spiro atoms. The predicted octanol–water partition coefficient (Wildman–Crippen LogP) is 14.6. The highest BCUT2D eigenvalue weighted by molar-refractivity contribution is 7.25. The first-order chi connectivity index (χ1) is 25.3. The van der Waals surface area contributed by atoms with Crippen LogP contribution in [0.3, 0.4) is 0 Å². The van der Waals surface area contributed by atoms with Crippen LogP contribution in [0.25, 0.3) is 119 Å². The average Bonchev–Trinajstić information content (AvgIpc) is 3.87. The molecule has 0 N–H and O–H groups in total. The maximum Gasteiger partial charge on any atom is 0.143 e. The molecule has 0 unspecified atom stereocenters. The molecule has 0 amide bonds. The van der Waals surface area contributed by atoms with Crippen molar-refractivity contribution in [3.8, 4) is 22.3 Å². The van der Waals surface area contributed by atoms with Crippen LogP contribution >= 0.6 is 11.3 Å². The molecule has 0 aliphatic rings. The zero-order valence-electron chi connectivity index (χ0n) is 27.2. The van der Waals surface area contributed by atoms with Crippen molar-refractivity contribution >= 4 is 108 Å². The number of hydrogen-bond acceptors (Lipinski definition) is 3. The molecule has 9 aromatic carbocycles. The van der Waals surface area contributed by atoms with E-state index >= 15 is 0 Å². The third kappa shape index (κ3) is 3.76. The van der Waals surface area contributed by atoms with Crippen molar-refractivity contribution in [3.63, 3.8) is 0 Å². The molecule has 3 heteroatoms. The number of benzene rings is 9. The van der Waals surface area contributed by atoms with Gasteiger partial charge in [0.2, 0.25) is 0 Å². The summed E-state index contributed by atoms with van der Waals surface area (Å²) in [6.45, 7) is 0. The summed E-state index contributed by atoms with van der Waals surface area (Å²) in [5.74, 6) is 0. The van der Waals surface area contributed by atoms with Crippen LogP contribution < -0.4 is 0 Å². The van der Waals surface area contributed by atoms with E-state index in [9.17, 15) is 0 Å². The van der Waals surface area contributed by atoms with Crippen molar-refractivity contribution in [2.24, 2.45) is 0 Å². The summed E-state index contributed by atoms with van der Waals surface area (Å²) in [6.07, 6.45) is 0. The lowest BCUT2D eigenvalue weighted by Crippen LogP contribution is -1.90. The minimum absolute atomic E-state index is 0.868. The zero-order chi connectivity index (χ0) is 33.2. The van der Waals surface area contributed by atoms with E-state index in [-0.39, 0.29) is 0 Å². The summed E-state index contributed by atoms with van der Waals surface area (Å²) in [5.41, 5.74) is 8.45. The van der Waals surface area contributed by atoms with Gasteiger partial charge in [0.25, 0.3) is 0 Å².